The molecule has 3 rings (SSSR count). The Labute approximate surface area is 139 Å². The molecule has 0 aromatic heterocycles. The Kier molecular flexibility index (Phi) is 4.29. The minimum Gasteiger partial charge on any atom is -0.507 e. The first-order chi connectivity index (χ1) is 11.5. The molecule has 0 heterocycles. The quantitative estimate of drug-likeness (QED) is 0.578. The summed E-state index contributed by atoms with van der Waals surface area (Å²) in [5.74, 6) is -1.15. The molecular weight excluding hydrogens is 310 g/mol. The van der Waals surface area contributed by atoms with Crippen molar-refractivity contribution in [2.75, 3.05) is 6.61 Å². The van der Waals surface area contributed by atoms with E-state index in [9.17, 15) is 19.8 Å². The highest BCUT2D eigenvalue weighted by molar-refractivity contribution is 6.04. The number of phenolic OH excluding ortho intramolecular Hbond substituents is 2. The number of carbonyl (C=O) groups is 2. The Morgan fingerprint density at radius 2 is 1.92 bits per heavy atom. The number of nitrogens with one attached hydrogen (secondary N) is 1. The number of hydrogen-bond donors (Lipinski definition) is 3. The van der Waals surface area contributed by atoms with Crippen LogP contribution in [0.1, 0.15) is 30.1 Å². The standard InChI is InChI=1S/C18H19NO5/c1-10(11-6-7-11)19-16(21)9-24-18(23)14-8-15(20)12-4-2-3-5-13(12)17(14)22/h2-5,8,10-11,20,22H,6-7,9H2,1H3,(H,19,21). The Morgan fingerprint density at radius 1 is 1.25 bits per heavy atom. The first-order valence-corrected chi connectivity index (χ1v) is 7.87. The van der Waals surface area contributed by atoms with Crippen LogP contribution in [0.2, 0.25) is 0 Å². The minimum atomic E-state index is -0.859. The molecule has 1 aliphatic rings. The van der Waals surface area contributed by atoms with E-state index >= 15 is 0 Å². The van der Waals surface area contributed by atoms with E-state index in [1.54, 1.807) is 24.3 Å². The lowest BCUT2D eigenvalue weighted by Crippen LogP contribution is -2.37. The van der Waals surface area contributed by atoms with Crippen molar-refractivity contribution in [2.24, 2.45) is 5.92 Å². The van der Waals surface area contributed by atoms with E-state index in [1.165, 1.54) is 0 Å². The Balaban J connectivity index is 1.69. The Bertz CT molecular complexity index is 797. The van der Waals surface area contributed by atoms with Crippen LogP contribution in [0.15, 0.2) is 30.3 Å². The Hall–Kier alpha value is -2.76. The SMILES string of the molecule is CC(NC(=O)COC(=O)c1cc(O)c2ccccc2c1O)C1CC1. The lowest BCUT2D eigenvalue weighted by molar-refractivity contribution is -0.125. The summed E-state index contributed by atoms with van der Waals surface area (Å²) in [6, 6.07) is 7.82. The van der Waals surface area contributed by atoms with E-state index in [-0.39, 0.29) is 29.0 Å². The first-order valence-electron chi connectivity index (χ1n) is 7.87. The first kappa shape index (κ1) is 16.1. The molecule has 6 nitrogen and oxygen atoms in total. The summed E-state index contributed by atoms with van der Waals surface area (Å²) in [6.07, 6.45) is 2.21. The predicted octanol–water partition coefficient (Wildman–Crippen LogP) is 2.32. The summed E-state index contributed by atoms with van der Waals surface area (Å²) >= 11 is 0. The van der Waals surface area contributed by atoms with Crippen molar-refractivity contribution in [3.8, 4) is 11.5 Å². The highest BCUT2D eigenvalue weighted by Gasteiger charge is 2.29. The van der Waals surface area contributed by atoms with E-state index in [2.05, 4.69) is 5.32 Å². The summed E-state index contributed by atoms with van der Waals surface area (Å²) < 4.78 is 4.95. The van der Waals surface area contributed by atoms with Crippen LogP contribution in [0.3, 0.4) is 0 Å². The van der Waals surface area contributed by atoms with Crippen LogP contribution in [0.25, 0.3) is 10.8 Å². The molecule has 1 fully saturated rings. The van der Waals surface area contributed by atoms with Gasteiger partial charge < -0.3 is 20.3 Å². The molecule has 0 bridgehead atoms. The molecule has 126 valence electrons. The molecule has 0 radical (unpaired) electrons. The van der Waals surface area contributed by atoms with E-state index in [0.717, 1.165) is 18.9 Å². The van der Waals surface area contributed by atoms with Gasteiger partial charge in [0.2, 0.25) is 0 Å². The van der Waals surface area contributed by atoms with E-state index < -0.39 is 12.6 Å². The van der Waals surface area contributed by atoms with Gasteiger partial charge in [0.05, 0.1) is 0 Å². The van der Waals surface area contributed by atoms with E-state index in [1.807, 2.05) is 6.92 Å². The molecule has 1 saturated carbocycles. The number of fused-ring (bicyclic) bond motifs is 1. The third-order valence-corrected chi connectivity index (χ3v) is 4.27. The van der Waals surface area contributed by atoms with Crippen molar-refractivity contribution in [3.05, 3.63) is 35.9 Å². The molecule has 24 heavy (non-hydrogen) atoms. The third kappa shape index (κ3) is 3.27. The van der Waals surface area contributed by atoms with Crippen LogP contribution in [0.4, 0.5) is 0 Å². The number of hydrogen-bond acceptors (Lipinski definition) is 5. The minimum absolute atomic E-state index is 0.0642. The second kappa shape index (κ2) is 6.39. The summed E-state index contributed by atoms with van der Waals surface area (Å²) in [5, 5.41) is 23.8. The van der Waals surface area contributed by atoms with Gasteiger partial charge >= 0.3 is 5.97 Å². The molecule has 2 aromatic carbocycles. The second-order valence-corrected chi connectivity index (χ2v) is 6.11. The maximum Gasteiger partial charge on any atom is 0.342 e. The third-order valence-electron chi connectivity index (χ3n) is 4.27. The fourth-order valence-corrected chi connectivity index (χ4v) is 2.72. The van der Waals surface area contributed by atoms with Gasteiger partial charge in [0, 0.05) is 16.8 Å². The predicted molar refractivity (Wildman–Crippen MR) is 87.9 cm³/mol. The molecule has 1 aliphatic carbocycles. The molecule has 3 N–H and O–H groups in total. The van der Waals surface area contributed by atoms with Gasteiger partial charge in [0.25, 0.3) is 5.91 Å². The monoisotopic (exact) mass is 329 g/mol. The second-order valence-electron chi connectivity index (χ2n) is 6.11. The van der Waals surface area contributed by atoms with Gasteiger partial charge in [-0.2, -0.15) is 0 Å². The van der Waals surface area contributed by atoms with Gasteiger partial charge in [-0.05, 0) is 31.7 Å². The van der Waals surface area contributed by atoms with E-state index in [0.29, 0.717) is 16.7 Å². The zero-order valence-corrected chi connectivity index (χ0v) is 13.3. The fraction of sp³-hybridized carbons (Fsp3) is 0.333. The Morgan fingerprint density at radius 3 is 2.58 bits per heavy atom. The zero-order valence-electron chi connectivity index (χ0n) is 13.3. The number of benzene rings is 2. The maximum absolute atomic E-state index is 12.1. The number of phenols is 2. The van der Waals surface area contributed by atoms with Crippen LogP contribution < -0.4 is 5.32 Å². The smallest absolute Gasteiger partial charge is 0.342 e. The normalized spacial score (nSPS) is 15.0. The summed E-state index contributed by atoms with van der Waals surface area (Å²) in [6.45, 7) is 1.49. The van der Waals surface area contributed by atoms with Crippen molar-refractivity contribution in [1.29, 1.82) is 0 Å². The van der Waals surface area contributed by atoms with Crippen LogP contribution in [0.5, 0.6) is 11.5 Å². The maximum atomic E-state index is 12.1. The lowest BCUT2D eigenvalue weighted by Gasteiger charge is -2.13. The van der Waals surface area contributed by atoms with Crippen molar-refractivity contribution >= 4 is 22.6 Å². The van der Waals surface area contributed by atoms with Crippen LogP contribution >= 0.6 is 0 Å². The topological polar surface area (TPSA) is 95.9 Å². The van der Waals surface area contributed by atoms with Gasteiger partial charge in [-0.25, -0.2) is 4.79 Å². The van der Waals surface area contributed by atoms with Gasteiger partial charge in [0.15, 0.2) is 6.61 Å². The highest BCUT2D eigenvalue weighted by Crippen LogP contribution is 2.35. The number of amides is 1. The average Bonchev–Trinajstić information content (AvgIpc) is 3.41. The number of aromatic hydroxyl groups is 2. The van der Waals surface area contributed by atoms with Gasteiger partial charge in [-0.15, -0.1) is 0 Å². The van der Waals surface area contributed by atoms with Crippen molar-refractivity contribution in [1.82, 2.24) is 5.32 Å². The average molecular weight is 329 g/mol. The van der Waals surface area contributed by atoms with Crippen molar-refractivity contribution in [3.63, 3.8) is 0 Å². The molecule has 1 amide bonds. The molecule has 1 unspecified atom stereocenters. The molecule has 2 aromatic rings. The molecule has 0 saturated heterocycles. The van der Waals surface area contributed by atoms with Crippen LogP contribution in [0, 0.1) is 5.92 Å². The summed E-state index contributed by atoms with van der Waals surface area (Å²) in [4.78, 5) is 23.9. The largest absolute Gasteiger partial charge is 0.507 e. The number of carbonyl (C=O) groups excluding carboxylic acids is 2. The van der Waals surface area contributed by atoms with Crippen LogP contribution in [-0.4, -0.2) is 34.7 Å². The van der Waals surface area contributed by atoms with Crippen LogP contribution in [-0.2, 0) is 9.53 Å². The van der Waals surface area contributed by atoms with E-state index in [4.69, 9.17) is 4.74 Å². The fourth-order valence-electron chi connectivity index (χ4n) is 2.72. The number of ether oxygens (including phenoxy) is 1. The van der Waals surface area contributed by atoms with Crippen molar-refractivity contribution < 1.29 is 24.5 Å². The van der Waals surface area contributed by atoms with Gasteiger partial charge in [-0.1, -0.05) is 24.3 Å². The summed E-state index contributed by atoms with van der Waals surface area (Å²) in [7, 11) is 0. The molecule has 6 heteroatoms. The van der Waals surface area contributed by atoms with Gasteiger partial charge in [-0.3, -0.25) is 4.79 Å². The van der Waals surface area contributed by atoms with Crippen molar-refractivity contribution in [2.45, 2.75) is 25.8 Å². The lowest BCUT2D eigenvalue weighted by atomic mass is 10.0. The van der Waals surface area contributed by atoms with Gasteiger partial charge in [0.1, 0.15) is 17.1 Å². The number of rotatable bonds is 5. The highest BCUT2D eigenvalue weighted by atomic mass is 16.5. The zero-order chi connectivity index (χ0) is 17.3. The molecule has 0 spiro atoms. The molecule has 1 atom stereocenters. The number of esters is 1. The molecular formula is C18H19NO5. The molecule has 0 aliphatic heterocycles. The summed E-state index contributed by atoms with van der Waals surface area (Å²) in [5.41, 5.74) is -0.172.